The SMILES string of the molecule is COc1ccc(S(=O)(=O)Nc2ccc(C(=O)Nc3ccc(Br)cc3C(=O)c3ccccc3)cc2)cc1. The molecule has 0 aromatic heterocycles. The first-order valence-electron chi connectivity index (χ1n) is 10.7. The van der Waals surface area contributed by atoms with Gasteiger partial charge in [-0.05, 0) is 66.7 Å². The molecule has 4 aromatic carbocycles. The van der Waals surface area contributed by atoms with Gasteiger partial charge in [-0.15, -0.1) is 0 Å². The van der Waals surface area contributed by atoms with Crippen molar-refractivity contribution in [3.05, 3.63) is 118 Å². The molecule has 0 unspecified atom stereocenters. The van der Waals surface area contributed by atoms with E-state index in [0.717, 1.165) is 0 Å². The molecule has 1 amide bonds. The molecule has 0 aliphatic heterocycles. The van der Waals surface area contributed by atoms with Crippen LogP contribution in [0.4, 0.5) is 11.4 Å². The number of hydrogen-bond donors (Lipinski definition) is 2. The van der Waals surface area contributed by atoms with Crippen molar-refractivity contribution < 1.29 is 22.7 Å². The van der Waals surface area contributed by atoms with Gasteiger partial charge in [0.25, 0.3) is 15.9 Å². The number of hydrogen-bond acceptors (Lipinski definition) is 5. The Morgan fingerprint density at radius 3 is 2.11 bits per heavy atom. The van der Waals surface area contributed by atoms with Gasteiger partial charge in [-0.1, -0.05) is 46.3 Å². The second-order valence-corrected chi connectivity index (χ2v) is 10.3. The molecule has 0 spiro atoms. The quantitative estimate of drug-likeness (QED) is 0.265. The lowest BCUT2D eigenvalue weighted by Crippen LogP contribution is -2.16. The van der Waals surface area contributed by atoms with Crippen molar-refractivity contribution in [2.75, 3.05) is 17.1 Å². The minimum Gasteiger partial charge on any atom is -0.497 e. The van der Waals surface area contributed by atoms with E-state index in [0.29, 0.717) is 38.3 Å². The van der Waals surface area contributed by atoms with E-state index >= 15 is 0 Å². The van der Waals surface area contributed by atoms with Crippen molar-refractivity contribution in [3.63, 3.8) is 0 Å². The number of carbonyl (C=O) groups is 2. The second-order valence-electron chi connectivity index (χ2n) is 7.70. The first-order valence-corrected chi connectivity index (χ1v) is 13.0. The minimum atomic E-state index is -3.81. The van der Waals surface area contributed by atoms with Crippen molar-refractivity contribution in [2.45, 2.75) is 4.90 Å². The maximum Gasteiger partial charge on any atom is 0.261 e. The van der Waals surface area contributed by atoms with Gasteiger partial charge in [-0.25, -0.2) is 8.42 Å². The van der Waals surface area contributed by atoms with Crippen LogP contribution in [0.2, 0.25) is 0 Å². The number of nitrogens with one attached hydrogen (secondary N) is 2. The molecule has 7 nitrogen and oxygen atoms in total. The van der Waals surface area contributed by atoms with Gasteiger partial charge in [0.1, 0.15) is 5.75 Å². The number of carbonyl (C=O) groups excluding carboxylic acids is 2. The lowest BCUT2D eigenvalue weighted by Gasteiger charge is -2.12. The van der Waals surface area contributed by atoms with E-state index in [9.17, 15) is 18.0 Å². The van der Waals surface area contributed by atoms with Gasteiger partial charge in [-0.2, -0.15) is 0 Å². The van der Waals surface area contributed by atoms with Crippen LogP contribution in [0.3, 0.4) is 0 Å². The summed E-state index contributed by atoms with van der Waals surface area (Å²) in [7, 11) is -2.32. The third-order valence-electron chi connectivity index (χ3n) is 5.28. The Hall–Kier alpha value is -3.95. The zero-order valence-electron chi connectivity index (χ0n) is 19.1. The van der Waals surface area contributed by atoms with Gasteiger partial charge in [-0.3, -0.25) is 14.3 Å². The molecule has 4 aromatic rings. The molecule has 0 aliphatic carbocycles. The molecular formula is C27H21BrN2O5S. The number of methoxy groups -OCH3 is 1. The van der Waals surface area contributed by atoms with Crippen LogP contribution < -0.4 is 14.8 Å². The standard InChI is InChI=1S/C27H21BrN2O5S/c1-35-22-12-14-23(15-13-22)36(33,34)30-21-10-7-19(8-11-21)27(32)29-25-16-9-20(28)17-24(25)26(31)18-5-3-2-4-6-18/h2-17,30H,1H3,(H,29,32). The molecule has 0 saturated heterocycles. The normalized spacial score (nSPS) is 10.9. The van der Waals surface area contributed by atoms with E-state index in [1.165, 1.54) is 43.5 Å². The van der Waals surface area contributed by atoms with E-state index in [2.05, 4.69) is 26.0 Å². The lowest BCUT2D eigenvalue weighted by atomic mass is 10.0. The predicted molar refractivity (Wildman–Crippen MR) is 142 cm³/mol. The van der Waals surface area contributed by atoms with E-state index in [1.807, 2.05) is 6.07 Å². The zero-order chi connectivity index (χ0) is 25.7. The monoisotopic (exact) mass is 564 g/mol. The fourth-order valence-electron chi connectivity index (χ4n) is 3.41. The Balaban J connectivity index is 1.50. The van der Waals surface area contributed by atoms with Crippen LogP contribution >= 0.6 is 15.9 Å². The molecule has 0 saturated carbocycles. The second kappa shape index (κ2) is 10.8. The van der Waals surface area contributed by atoms with Crippen molar-refractivity contribution in [1.82, 2.24) is 0 Å². The van der Waals surface area contributed by atoms with Crippen LogP contribution in [0.15, 0.2) is 106 Å². The number of sulfonamides is 1. The molecule has 36 heavy (non-hydrogen) atoms. The smallest absolute Gasteiger partial charge is 0.261 e. The fourth-order valence-corrected chi connectivity index (χ4v) is 4.83. The van der Waals surface area contributed by atoms with Gasteiger partial charge in [0, 0.05) is 26.9 Å². The van der Waals surface area contributed by atoms with Crippen molar-refractivity contribution in [3.8, 4) is 5.75 Å². The molecule has 9 heteroatoms. The van der Waals surface area contributed by atoms with Crippen molar-refractivity contribution >= 4 is 49.0 Å². The highest BCUT2D eigenvalue weighted by molar-refractivity contribution is 9.10. The predicted octanol–water partition coefficient (Wildman–Crippen LogP) is 5.74. The first-order chi connectivity index (χ1) is 17.3. The maximum atomic E-state index is 13.0. The molecular weight excluding hydrogens is 544 g/mol. The number of halogens is 1. The van der Waals surface area contributed by atoms with Crippen LogP contribution in [-0.2, 0) is 10.0 Å². The van der Waals surface area contributed by atoms with Crippen molar-refractivity contribution in [1.29, 1.82) is 0 Å². The van der Waals surface area contributed by atoms with Crippen LogP contribution in [-0.4, -0.2) is 27.2 Å². The van der Waals surface area contributed by atoms with Crippen LogP contribution in [0.25, 0.3) is 0 Å². The molecule has 0 fully saturated rings. The fraction of sp³-hybridized carbons (Fsp3) is 0.0370. The van der Waals surface area contributed by atoms with E-state index in [4.69, 9.17) is 4.74 Å². The van der Waals surface area contributed by atoms with Crippen LogP contribution in [0.1, 0.15) is 26.3 Å². The third-order valence-corrected chi connectivity index (χ3v) is 7.17. The summed E-state index contributed by atoms with van der Waals surface area (Å²) in [5.41, 5.74) is 1.79. The number of ketones is 1. The summed E-state index contributed by atoms with van der Waals surface area (Å²) in [5, 5.41) is 2.78. The summed E-state index contributed by atoms with van der Waals surface area (Å²) in [6.07, 6.45) is 0. The molecule has 0 bridgehead atoms. The molecule has 0 aliphatic rings. The number of benzene rings is 4. The average Bonchev–Trinajstić information content (AvgIpc) is 2.90. The first kappa shape index (κ1) is 25.2. The number of ether oxygens (including phenoxy) is 1. The molecule has 0 atom stereocenters. The molecule has 0 heterocycles. The number of anilines is 2. The largest absolute Gasteiger partial charge is 0.497 e. The highest BCUT2D eigenvalue weighted by atomic mass is 79.9. The van der Waals surface area contributed by atoms with E-state index < -0.39 is 15.9 Å². The summed E-state index contributed by atoms with van der Waals surface area (Å²) < 4.78 is 33.5. The molecule has 182 valence electrons. The Morgan fingerprint density at radius 2 is 1.47 bits per heavy atom. The Kier molecular flexibility index (Phi) is 7.52. The molecule has 0 radical (unpaired) electrons. The van der Waals surface area contributed by atoms with Gasteiger partial charge < -0.3 is 10.1 Å². The Bertz CT molecular complexity index is 1500. The lowest BCUT2D eigenvalue weighted by molar-refractivity contribution is 0.102. The average molecular weight is 565 g/mol. The topological polar surface area (TPSA) is 102 Å². The van der Waals surface area contributed by atoms with E-state index in [-0.39, 0.29) is 10.7 Å². The van der Waals surface area contributed by atoms with Gasteiger partial charge in [0.15, 0.2) is 5.78 Å². The molecule has 2 N–H and O–H groups in total. The van der Waals surface area contributed by atoms with E-state index in [1.54, 1.807) is 54.6 Å². The third kappa shape index (κ3) is 5.81. The highest BCUT2D eigenvalue weighted by Crippen LogP contribution is 2.25. The van der Waals surface area contributed by atoms with Crippen LogP contribution in [0, 0.1) is 0 Å². The number of rotatable bonds is 8. The Labute approximate surface area is 217 Å². The van der Waals surface area contributed by atoms with Gasteiger partial charge in [0.2, 0.25) is 0 Å². The summed E-state index contributed by atoms with van der Waals surface area (Å²) in [4.78, 5) is 26.0. The van der Waals surface area contributed by atoms with Gasteiger partial charge >= 0.3 is 0 Å². The summed E-state index contributed by atoms with van der Waals surface area (Å²) in [5.74, 6) is -0.122. The van der Waals surface area contributed by atoms with Gasteiger partial charge in [0.05, 0.1) is 17.7 Å². The minimum absolute atomic E-state index is 0.0796. The zero-order valence-corrected chi connectivity index (χ0v) is 21.5. The Morgan fingerprint density at radius 1 is 0.806 bits per heavy atom. The van der Waals surface area contributed by atoms with Crippen molar-refractivity contribution in [2.24, 2.45) is 0 Å². The van der Waals surface area contributed by atoms with Crippen LogP contribution in [0.5, 0.6) is 5.75 Å². The molecule has 4 rings (SSSR count). The summed E-state index contributed by atoms with van der Waals surface area (Å²) in [6.45, 7) is 0. The summed E-state index contributed by atoms with van der Waals surface area (Å²) >= 11 is 3.38. The number of amides is 1. The summed E-state index contributed by atoms with van der Waals surface area (Å²) in [6, 6.07) is 25.8. The highest BCUT2D eigenvalue weighted by Gasteiger charge is 2.18. The maximum absolute atomic E-state index is 13.0.